The number of nitrogens with zero attached hydrogens (tertiary/aromatic N) is 6. The van der Waals surface area contributed by atoms with Crippen LogP contribution in [-0.4, -0.2) is 87.5 Å². The molecule has 1 amide bonds. The van der Waals surface area contributed by atoms with Crippen molar-refractivity contribution in [3.63, 3.8) is 0 Å². The van der Waals surface area contributed by atoms with Crippen molar-refractivity contribution in [2.75, 3.05) is 39.2 Å². The summed E-state index contributed by atoms with van der Waals surface area (Å²) in [6.07, 6.45) is -2.11. The number of likely N-dealkylation sites (tertiary alicyclic amines) is 1. The number of aromatic nitrogens is 5. The molecule has 0 aliphatic carbocycles. The molecule has 2 N–H and O–H groups in total. The van der Waals surface area contributed by atoms with E-state index in [1.165, 1.54) is 12.3 Å². The predicted octanol–water partition coefficient (Wildman–Crippen LogP) is 4.22. The number of rotatable bonds is 10. The number of ether oxygens (including phenoxy) is 1. The zero-order valence-electron chi connectivity index (χ0n) is 24.3. The van der Waals surface area contributed by atoms with Crippen LogP contribution in [0.3, 0.4) is 0 Å². The van der Waals surface area contributed by atoms with Crippen molar-refractivity contribution in [2.24, 2.45) is 0 Å². The zero-order valence-corrected chi connectivity index (χ0v) is 24.3. The summed E-state index contributed by atoms with van der Waals surface area (Å²) in [7, 11) is 3.42. The van der Waals surface area contributed by atoms with Gasteiger partial charge in [-0.05, 0) is 45.5 Å². The first-order valence-electron chi connectivity index (χ1n) is 13.8. The van der Waals surface area contributed by atoms with Gasteiger partial charge in [-0.25, -0.2) is 4.39 Å². The molecule has 2 atom stereocenters. The molecule has 1 aromatic carbocycles. The fourth-order valence-electron chi connectivity index (χ4n) is 5.24. The lowest BCUT2D eigenvalue weighted by molar-refractivity contribution is -0.139. The highest BCUT2D eigenvalue weighted by Crippen LogP contribution is 2.35. The van der Waals surface area contributed by atoms with Crippen molar-refractivity contribution in [2.45, 2.75) is 57.3 Å². The van der Waals surface area contributed by atoms with Crippen LogP contribution in [0.15, 0.2) is 41.2 Å². The monoisotopic (exact) mass is 606 g/mol. The van der Waals surface area contributed by atoms with E-state index in [2.05, 4.69) is 25.9 Å². The summed E-state index contributed by atoms with van der Waals surface area (Å²) in [5.41, 5.74) is 0.703. The molecule has 4 heterocycles. The van der Waals surface area contributed by atoms with Gasteiger partial charge in [0, 0.05) is 37.5 Å². The quantitative estimate of drug-likeness (QED) is 0.258. The van der Waals surface area contributed by atoms with Gasteiger partial charge in [-0.2, -0.15) is 23.3 Å². The Labute approximate surface area is 245 Å². The van der Waals surface area contributed by atoms with E-state index in [-0.39, 0.29) is 36.0 Å². The molecule has 43 heavy (non-hydrogen) atoms. The van der Waals surface area contributed by atoms with E-state index in [1.807, 2.05) is 25.8 Å². The summed E-state index contributed by atoms with van der Waals surface area (Å²) in [5, 5.41) is 14.5. The number of anilines is 1. The van der Waals surface area contributed by atoms with E-state index in [9.17, 15) is 22.4 Å². The summed E-state index contributed by atoms with van der Waals surface area (Å²) < 4.78 is 69.0. The van der Waals surface area contributed by atoms with Gasteiger partial charge in [-0.1, -0.05) is 11.2 Å². The van der Waals surface area contributed by atoms with Crippen LogP contribution in [0.4, 0.5) is 23.2 Å². The van der Waals surface area contributed by atoms with Crippen molar-refractivity contribution in [3.8, 4) is 11.5 Å². The number of hydrogen-bond donors (Lipinski definition) is 2. The molecule has 0 radical (unpaired) electrons. The van der Waals surface area contributed by atoms with Crippen molar-refractivity contribution in [1.82, 2.24) is 34.7 Å². The second kappa shape index (κ2) is 12.0. The first-order valence-corrected chi connectivity index (χ1v) is 13.8. The van der Waals surface area contributed by atoms with Gasteiger partial charge < -0.3 is 29.4 Å². The van der Waals surface area contributed by atoms with Gasteiger partial charge in [0.15, 0.2) is 0 Å². The summed E-state index contributed by atoms with van der Waals surface area (Å²) in [4.78, 5) is 18.9. The van der Waals surface area contributed by atoms with E-state index < -0.39 is 36.4 Å². The normalized spacial score (nSPS) is 18.3. The second-order valence-corrected chi connectivity index (χ2v) is 11.4. The first kappa shape index (κ1) is 30.5. The molecule has 0 spiro atoms. The topological polar surface area (TPSA) is 115 Å². The molecule has 232 valence electrons. The number of hydrogen-bond acceptors (Lipinski definition) is 8. The van der Waals surface area contributed by atoms with Crippen LogP contribution >= 0.6 is 0 Å². The van der Waals surface area contributed by atoms with Crippen molar-refractivity contribution in [3.05, 3.63) is 48.1 Å². The van der Waals surface area contributed by atoms with Crippen LogP contribution in [0.2, 0.25) is 0 Å². The molecule has 1 aliphatic heterocycles. The van der Waals surface area contributed by atoms with Gasteiger partial charge in [0.25, 0.3) is 5.91 Å². The largest absolute Gasteiger partial charge is 0.406 e. The maximum absolute atomic E-state index is 14.8. The molecule has 3 aromatic heterocycles. The van der Waals surface area contributed by atoms with E-state index in [1.54, 1.807) is 36.2 Å². The third-order valence-electron chi connectivity index (χ3n) is 7.43. The molecule has 1 aliphatic rings. The number of piperidine rings is 1. The van der Waals surface area contributed by atoms with Crippen LogP contribution in [-0.2, 0) is 23.4 Å². The van der Waals surface area contributed by atoms with Gasteiger partial charge in [-0.3, -0.25) is 9.48 Å². The lowest BCUT2D eigenvalue weighted by atomic mass is 10.0. The standard InChI is InChI=1S/C28H34F4N8O3/c1-27(2,16-42-4)40-13-17(11-34-40)26(41)33-12-24-36-25(37-43-24)23-10-18-20(35-21-8-9-38(3)14-19(21)29)6-5-7-22(18)39(23)15-28(30,31)32/h5-7,10-11,13,19,21,35H,8-9,12,14-16H2,1-4H3,(H,33,41)/t19-,21+/m0/s1. The Bertz CT molecular complexity index is 1580. The number of carbonyl (C=O) groups is 1. The minimum Gasteiger partial charge on any atom is -0.382 e. The Kier molecular flexibility index (Phi) is 8.47. The molecule has 11 nitrogen and oxygen atoms in total. The molecule has 0 saturated carbocycles. The lowest BCUT2D eigenvalue weighted by Gasteiger charge is -2.33. The number of alkyl halides is 4. The van der Waals surface area contributed by atoms with Gasteiger partial charge in [0.1, 0.15) is 12.7 Å². The smallest absolute Gasteiger partial charge is 0.382 e. The third kappa shape index (κ3) is 6.82. The van der Waals surface area contributed by atoms with E-state index in [0.29, 0.717) is 36.2 Å². The van der Waals surface area contributed by atoms with Gasteiger partial charge >= 0.3 is 6.18 Å². The molecule has 1 saturated heterocycles. The highest BCUT2D eigenvalue weighted by Gasteiger charge is 2.32. The Balaban J connectivity index is 1.37. The lowest BCUT2D eigenvalue weighted by Crippen LogP contribution is -2.46. The minimum absolute atomic E-state index is 0.00390. The molecule has 4 aromatic rings. The summed E-state index contributed by atoms with van der Waals surface area (Å²) in [5.74, 6) is -0.516. The fraction of sp³-hybridized carbons (Fsp3) is 0.500. The highest BCUT2D eigenvalue weighted by atomic mass is 19.4. The van der Waals surface area contributed by atoms with Crippen LogP contribution in [0.25, 0.3) is 22.4 Å². The first-order chi connectivity index (χ1) is 20.3. The molecule has 1 fully saturated rings. The number of nitrogens with one attached hydrogen (secondary N) is 2. The van der Waals surface area contributed by atoms with E-state index in [4.69, 9.17) is 9.26 Å². The van der Waals surface area contributed by atoms with Gasteiger partial charge in [0.2, 0.25) is 11.7 Å². The van der Waals surface area contributed by atoms with Crippen molar-refractivity contribution < 1.29 is 31.6 Å². The van der Waals surface area contributed by atoms with Crippen LogP contribution < -0.4 is 10.6 Å². The van der Waals surface area contributed by atoms with Crippen LogP contribution in [0.1, 0.15) is 36.5 Å². The maximum atomic E-state index is 14.8. The summed E-state index contributed by atoms with van der Waals surface area (Å²) in [6.45, 7) is 3.73. The molecule has 15 heteroatoms. The number of fused-ring (bicyclic) bond motifs is 1. The molecule has 0 unspecified atom stereocenters. The molecular weight excluding hydrogens is 572 g/mol. The Morgan fingerprint density at radius 1 is 1.26 bits per heavy atom. The van der Waals surface area contributed by atoms with E-state index in [0.717, 1.165) is 4.57 Å². The molecule has 0 bridgehead atoms. The number of benzene rings is 1. The summed E-state index contributed by atoms with van der Waals surface area (Å²) >= 11 is 0. The number of amides is 1. The third-order valence-corrected chi connectivity index (χ3v) is 7.43. The van der Waals surface area contributed by atoms with Gasteiger partial charge in [-0.15, -0.1) is 0 Å². The molecular formula is C28H34F4N8O3. The number of carbonyl (C=O) groups excluding carboxylic acids is 1. The average Bonchev–Trinajstić information content (AvgIpc) is 3.68. The van der Waals surface area contributed by atoms with Gasteiger partial charge in [0.05, 0.1) is 47.7 Å². The second-order valence-electron chi connectivity index (χ2n) is 11.4. The van der Waals surface area contributed by atoms with E-state index >= 15 is 0 Å². The van der Waals surface area contributed by atoms with Crippen molar-refractivity contribution >= 4 is 22.5 Å². The highest BCUT2D eigenvalue weighted by molar-refractivity contribution is 5.96. The van der Waals surface area contributed by atoms with Crippen LogP contribution in [0, 0.1) is 0 Å². The zero-order chi connectivity index (χ0) is 30.9. The van der Waals surface area contributed by atoms with Crippen molar-refractivity contribution in [1.29, 1.82) is 0 Å². The maximum Gasteiger partial charge on any atom is 0.406 e. The SMILES string of the molecule is COCC(C)(C)n1cc(C(=O)NCc2nc(-c3cc4c(N[C@@H]5CCN(C)C[C@@H]5F)cccc4n3CC(F)(F)F)no2)cn1. The predicted molar refractivity (Wildman–Crippen MR) is 150 cm³/mol. The fourth-order valence-corrected chi connectivity index (χ4v) is 5.24. The Morgan fingerprint density at radius 2 is 2.05 bits per heavy atom. The number of methoxy groups -OCH3 is 1. The molecule has 5 rings (SSSR count). The summed E-state index contributed by atoms with van der Waals surface area (Å²) in [6, 6.07) is 5.96. The average molecular weight is 607 g/mol. The number of halogens is 4. The van der Waals surface area contributed by atoms with Crippen LogP contribution in [0.5, 0.6) is 0 Å². The Morgan fingerprint density at radius 3 is 2.77 bits per heavy atom. The Hall–Kier alpha value is -3.98. The minimum atomic E-state index is -4.54.